The summed E-state index contributed by atoms with van der Waals surface area (Å²) in [5, 5.41) is 0. The van der Waals surface area contributed by atoms with Gasteiger partial charge in [0, 0.05) is 0 Å². The van der Waals surface area contributed by atoms with Crippen LogP contribution in [0.25, 0.3) is 0 Å². The van der Waals surface area contributed by atoms with Crippen LogP contribution in [0, 0.1) is 0 Å². The predicted molar refractivity (Wildman–Crippen MR) is 47.0 cm³/mol. The van der Waals surface area contributed by atoms with Crippen LogP contribution in [-0.4, -0.2) is 34.0 Å². The Bertz CT molecular complexity index is 157. The van der Waals surface area contributed by atoms with E-state index in [4.69, 9.17) is 0 Å². The summed E-state index contributed by atoms with van der Waals surface area (Å²) in [7, 11) is 2.00. The Morgan fingerprint density at radius 3 is 2.67 bits per heavy atom. The van der Waals surface area contributed by atoms with Gasteiger partial charge in [-0.3, -0.25) is 0 Å². The molecule has 0 aromatic heterocycles. The quantitative estimate of drug-likeness (QED) is 0.355. The fraction of sp³-hybridized carbons (Fsp3) is 0. The molecule has 1 heterocycles. The second-order valence-corrected chi connectivity index (χ2v) is 1.73. The fourth-order valence-corrected chi connectivity index (χ4v) is 0.577. The first-order valence-corrected chi connectivity index (χ1v) is 3.00. The molecule has 0 fully saturated rings. The van der Waals surface area contributed by atoms with Crippen LogP contribution in [-0.2, 0) is 0 Å². The van der Waals surface area contributed by atoms with Gasteiger partial charge in [0.25, 0.3) is 0 Å². The van der Waals surface area contributed by atoms with Gasteiger partial charge in [-0.2, -0.15) is 0 Å². The minimum atomic E-state index is 2.00. The molecule has 0 unspecified atom stereocenters. The van der Waals surface area contributed by atoms with Crippen LogP contribution in [0.4, 0.5) is 0 Å². The topological polar surface area (TPSA) is 0 Å². The van der Waals surface area contributed by atoms with Gasteiger partial charge < -0.3 is 0 Å². The molecule has 0 atom stereocenters. The van der Waals surface area contributed by atoms with Crippen LogP contribution >= 0.6 is 0 Å². The normalized spacial score (nSPS) is 21.3. The average molecular weight is 106 g/mol. The Balaban J connectivity index is 2.60. The van der Waals surface area contributed by atoms with Gasteiger partial charge in [-0.05, 0) is 0 Å². The van der Waals surface area contributed by atoms with Gasteiger partial charge in [-0.25, -0.2) is 0 Å². The molecule has 0 aliphatic carbocycles. The molecule has 0 saturated heterocycles. The van der Waals surface area contributed by atoms with Crippen LogP contribution in [0.15, 0.2) is 24.1 Å². The van der Waals surface area contributed by atoms with Crippen molar-refractivity contribution in [1.29, 1.82) is 0 Å². The molecular weight excluding hydrogens is 102 g/mol. The molecule has 5 heteroatoms. The summed E-state index contributed by atoms with van der Waals surface area (Å²) in [5.41, 5.74) is 0. The van der Waals surface area contributed by atoms with E-state index in [9.17, 15) is 0 Å². The van der Waals surface area contributed by atoms with Crippen molar-refractivity contribution in [2.75, 3.05) is 0 Å². The van der Waals surface area contributed by atoms with Crippen LogP contribution in [0.2, 0.25) is 0 Å². The summed E-state index contributed by atoms with van der Waals surface area (Å²) in [5.74, 6) is 4.00. The van der Waals surface area contributed by atoms with Crippen molar-refractivity contribution >= 4 is 34.0 Å². The summed E-state index contributed by atoms with van der Waals surface area (Å²) in [4.78, 5) is 0. The van der Waals surface area contributed by atoms with Crippen LogP contribution in [0.1, 0.15) is 0 Å². The number of rotatable bonds is 0. The summed E-state index contributed by atoms with van der Waals surface area (Å²) in [6.45, 7) is 8.00. The minimum absolute atomic E-state index is 2.00. The zero-order valence-corrected chi connectivity index (χ0v) is 5.20. The second kappa shape index (κ2) is 4.66. The first-order valence-electron chi connectivity index (χ1n) is 3.00. The van der Waals surface area contributed by atoms with E-state index in [0.29, 0.717) is 0 Å². The fourth-order valence-electron chi connectivity index (χ4n) is 0.577. The summed E-state index contributed by atoms with van der Waals surface area (Å²) in [6, 6.07) is 0. The molecule has 1 rings (SSSR count). The third-order valence-corrected chi connectivity index (χ3v) is 1.00. The number of hydrogen-bond donors (Lipinski definition) is 0. The standard InChI is InChI=1S/C4H4B5/c1-2-4-6-8-9-7-5-3-1/h1-4H/b3-1-,4-2-. The Hall–Kier alpha value is -0.195. The van der Waals surface area contributed by atoms with Crippen molar-refractivity contribution in [3.05, 3.63) is 24.1 Å². The molecule has 0 amide bonds. The van der Waals surface area contributed by atoms with Gasteiger partial charge in [0.2, 0.25) is 0 Å². The van der Waals surface area contributed by atoms with Crippen LogP contribution in [0.3, 0.4) is 0 Å². The molecule has 1 aliphatic rings. The first kappa shape index (κ1) is 6.92. The van der Waals surface area contributed by atoms with Crippen molar-refractivity contribution in [2.24, 2.45) is 0 Å². The maximum absolute atomic E-state index is 2.00. The summed E-state index contributed by atoms with van der Waals surface area (Å²) >= 11 is 0. The monoisotopic (exact) mass is 107 g/mol. The first-order chi connectivity index (χ1) is 4.50. The Labute approximate surface area is 58.8 Å². The van der Waals surface area contributed by atoms with E-state index in [2.05, 4.69) is 0 Å². The van der Waals surface area contributed by atoms with E-state index >= 15 is 0 Å². The van der Waals surface area contributed by atoms with Gasteiger partial charge in [0.05, 0.1) is 0 Å². The summed E-state index contributed by atoms with van der Waals surface area (Å²) < 4.78 is 0. The summed E-state index contributed by atoms with van der Waals surface area (Å²) in [6.07, 6.45) is 4.00. The van der Waals surface area contributed by atoms with E-state index in [1.807, 2.05) is 58.2 Å². The third-order valence-electron chi connectivity index (χ3n) is 1.00. The van der Waals surface area contributed by atoms with Gasteiger partial charge in [-0.1, -0.05) is 0 Å². The van der Waals surface area contributed by atoms with E-state index < -0.39 is 0 Å². The van der Waals surface area contributed by atoms with E-state index in [-0.39, 0.29) is 0 Å². The Morgan fingerprint density at radius 1 is 0.778 bits per heavy atom. The third kappa shape index (κ3) is 3.39. The zero-order valence-electron chi connectivity index (χ0n) is 5.20. The van der Waals surface area contributed by atoms with Gasteiger partial charge in [0.15, 0.2) is 0 Å². The average Bonchev–Trinajstić information content (AvgIpc) is 2.00. The van der Waals surface area contributed by atoms with Crippen molar-refractivity contribution in [3.8, 4) is 0 Å². The van der Waals surface area contributed by atoms with E-state index in [0.717, 1.165) is 0 Å². The Morgan fingerprint density at radius 2 is 1.67 bits per heavy atom. The second-order valence-electron chi connectivity index (χ2n) is 1.73. The van der Waals surface area contributed by atoms with Crippen molar-refractivity contribution < 1.29 is 0 Å². The molecule has 0 spiro atoms. The van der Waals surface area contributed by atoms with Crippen molar-refractivity contribution in [2.45, 2.75) is 0 Å². The van der Waals surface area contributed by atoms with Crippen LogP contribution < -0.4 is 0 Å². The van der Waals surface area contributed by atoms with E-state index in [1.165, 1.54) is 0 Å². The molecular formula is C4H4B5. The van der Waals surface area contributed by atoms with E-state index in [1.54, 1.807) is 0 Å². The van der Waals surface area contributed by atoms with Crippen molar-refractivity contribution in [3.63, 3.8) is 0 Å². The molecule has 0 aromatic carbocycles. The number of hydrogen-bond acceptors (Lipinski definition) is 0. The zero-order chi connectivity index (χ0) is 6.36. The molecule has 0 saturated carbocycles. The van der Waals surface area contributed by atoms with Gasteiger partial charge in [0.1, 0.15) is 0 Å². The molecule has 9 heavy (non-hydrogen) atoms. The van der Waals surface area contributed by atoms with Gasteiger partial charge in [-0.15, -0.1) is 0 Å². The Kier molecular flexibility index (Phi) is 3.58. The van der Waals surface area contributed by atoms with Crippen molar-refractivity contribution in [1.82, 2.24) is 0 Å². The molecule has 1 radical (unpaired) electrons. The molecule has 0 nitrogen and oxygen atoms in total. The molecule has 35 valence electrons. The molecule has 1 aliphatic heterocycles. The molecule has 0 bridgehead atoms. The number of allylic oxidation sites excluding steroid dienone is 2. The SMILES string of the molecule is [B]1B=B\B=B/C=C\C=C/1. The predicted octanol–water partition coefficient (Wildman–Crippen LogP) is -0.792. The van der Waals surface area contributed by atoms with Gasteiger partial charge >= 0.3 is 58.2 Å². The molecule has 0 N–H and O–H groups in total. The molecule has 0 aromatic rings. The van der Waals surface area contributed by atoms with Crippen LogP contribution in [0.5, 0.6) is 0 Å². The maximum atomic E-state index is 2.00.